The van der Waals surface area contributed by atoms with E-state index in [1.54, 1.807) is 0 Å². The van der Waals surface area contributed by atoms with E-state index in [1.165, 1.54) is 5.56 Å². The van der Waals surface area contributed by atoms with Crippen LogP contribution in [0.3, 0.4) is 0 Å². The molecule has 0 aliphatic carbocycles. The number of aryl methyl sites for hydroxylation is 3. The summed E-state index contributed by atoms with van der Waals surface area (Å²) in [4.78, 5) is 4.49. The molecule has 0 spiro atoms. The molecule has 5 heteroatoms. The average Bonchev–Trinajstić information content (AvgIpc) is 2.73. The van der Waals surface area contributed by atoms with E-state index in [0.717, 1.165) is 32.9 Å². The van der Waals surface area contributed by atoms with Crippen LogP contribution < -0.4 is 0 Å². The van der Waals surface area contributed by atoms with Gasteiger partial charge in [0.15, 0.2) is 5.82 Å². The maximum atomic E-state index is 4.49. The molecule has 0 aliphatic rings. The second-order valence-electron chi connectivity index (χ2n) is 5.09. The van der Waals surface area contributed by atoms with E-state index in [4.69, 9.17) is 0 Å². The summed E-state index contributed by atoms with van der Waals surface area (Å²) in [6, 6.07) is 10.0. The molecule has 0 saturated carbocycles. The van der Waals surface area contributed by atoms with E-state index in [9.17, 15) is 0 Å². The highest BCUT2D eigenvalue weighted by Crippen LogP contribution is 2.26. The van der Waals surface area contributed by atoms with Crippen LogP contribution in [-0.2, 0) is 0 Å². The summed E-state index contributed by atoms with van der Waals surface area (Å²) in [7, 11) is 0. The number of rotatable bonds is 2. The lowest BCUT2D eigenvalue weighted by molar-refractivity contribution is 1.08. The van der Waals surface area contributed by atoms with Gasteiger partial charge in [-0.3, -0.25) is 4.40 Å². The van der Waals surface area contributed by atoms with Crippen LogP contribution in [0.15, 0.2) is 51.2 Å². The van der Waals surface area contributed by atoms with Crippen molar-refractivity contribution < 1.29 is 0 Å². The van der Waals surface area contributed by atoms with E-state index in [1.807, 2.05) is 48.7 Å². The van der Waals surface area contributed by atoms with Crippen LogP contribution in [0.2, 0.25) is 0 Å². The maximum absolute atomic E-state index is 4.49. The first-order valence-electron chi connectivity index (χ1n) is 6.68. The average molecular weight is 343 g/mol. The van der Waals surface area contributed by atoms with Crippen molar-refractivity contribution in [3.63, 3.8) is 0 Å². The van der Waals surface area contributed by atoms with Gasteiger partial charge in [0.2, 0.25) is 0 Å². The van der Waals surface area contributed by atoms with E-state index < -0.39 is 0 Å². The molecule has 4 nitrogen and oxygen atoms in total. The first-order chi connectivity index (χ1) is 10.0. The first-order valence-corrected chi connectivity index (χ1v) is 7.47. The number of azo groups is 1. The summed E-state index contributed by atoms with van der Waals surface area (Å²) in [6.07, 6.45) is 1.95. The lowest BCUT2D eigenvalue weighted by Crippen LogP contribution is -1.83. The Morgan fingerprint density at radius 2 is 1.86 bits per heavy atom. The number of hydrogen-bond donors (Lipinski definition) is 0. The van der Waals surface area contributed by atoms with Crippen molar-refractivity contribution in [1.82, 2.24) is 9.38 Å². The largest absolute Gasteiger partial charge is 0.282 e. The minimum atomic E-state index is 0.756. The van der Waals surface area contributed by atoms with Crippen molar-refractivity contribution in [3.8, 4) is 0 Å². The SMILES string of the molecule is Cc1ccc(N=Nc2c(C)nc3ccc(Br)cn23)c(C)c1. The molecule has 3 rings (SSSR count). The second-order valence-corrected chi connectivity index (χ2v) is 6.00. The monoisotopic (exact) mass is 342 g/mol. The number of halogens is 1. The Morgan fingerprint density at radius 3 is 2.62 bits per heavy atom. The van der Waals surface area contributed by atoms with Crippen LogP contribution in [0, 0.1) is 20.8 Å². The Hall–Kier alpha value is -2.01. The van der Waals surface area contributed by atoms with E-state index in [2.05, 4.69) is 44.1 Å². The molecule has 2 heterocycles. The highest BCUT2D eigenvalue weighted by Gasteiger charge is 2.08. The molecule has 0 N–H and O–H groups in total. The van der Waals surface area contributed by atoms with Crippen molar-refractivity contribution in [2.24, 2.45) is 10.2 Å². The van der Waals surface area contributed by atoms with Crippen molar-refractivity contribution in [2.75, 3.05) is 0 Å². The Balaban J connectivity index is 2.06. The van der Waals surface area contributed by atoms with Gasteiger partial charge in [-0.05, 0) is 60.5 Å². The zero-order valence-electron chi connectivity index (χ0n) is 12.1. The molecule has 3 aromatic rings. The minimum absolute atomic E-state index is 0.756. The molecule has 0 amide bonds. The first kappa shape index (κ1) is 13.9. The number of pyridine rings is 1. The topological polar surface area (TPSA) is 42.0 Å². The molecule has 0 atom stereocenters. The summed E-state index contributed by atoms with van der Waals surface area (Å²) in [5.41, 5.74) is 4.95. The standard InChI is InChI=1S/C16H15BrN4/c1-10-4-6-14(11(2)8-10)19-20-16-12(3)18-15-7-5-13(17)9-21(15)16/h4-9H,1-3H3. The molecule has 0 bridgehead atoms. The number of benzene rings is 1. The van der Waals surface area contributed by atoms with Crippen molar-refractivity contribution in [1.29, 1.82) is 0 Å². The molecular formula is C16H15BrN4. The zero-order chi connectivity index (χ0) is 15.0. The highest BCUT2D eigenvalue weighted by molar-refractivity contribution is 9.10. The third-order valence-electron chi connectivity index (χ3n) is 3.33. The van der Waals surface area contributed by atoms with Crippen LogP contribution in [0.1, 0.15) is 16.8 Å². The molecular weight excluding hydrogens is 328 g/mol. The lowest BCUT2D eigenvalue weighted by Gasteiger charge is -2.01. The zero-order valence-corrected chi connectivity index (χ0v) is 13.7. The molecule has 21 heavy (non-hydrogen) atoms. The van der Waals surface area contributed by atoms with Gasteiger partial charge in [-0.15, -0.1) is 10.2 Å². The van der Waals surface area contributed by atoms with Gasteiger partial charge in [0, 0.05) is 10.7 Å². The number of nitrogens with zero attached hydrogens (tertiary/aromatic N) is 4. The fraction of sp³-hybridized carbons (Fsp3) is 0.188. The molecule has 0 fully saturated rings. The second kappa shape index (κ2) is 5.41. The molecule has 1 aromatic carbocycles. The molecule has 0 radical (unpaired) electrons. The predicted octanol–water partition coefficient (Wildman–Crippen LogP) is 5.44. The summed E-state index contributed by atoms with van der Waals surface area (Å²) < 4.78 is 2.92. The molecule has 0 saturated heterocycles. The Labute approximate surface area is 131 Å². The van der Waals surface area contributed by atoms with Crippen molar-refractivity contribution >= 4 is 33.1 Å². The van der Waals surface area contributed by atoms with Crippen LogP contribution >= 0.6 is 15.9 Å². The summed E-state index contributed by atoms with van der Waals surface area (Å²) in [5, 5.41) is 8.78. The van der Waals surface area contributed by atoms with Crippen molar-refractivity contribution in [3.05, 3.63) is 57.8 Å². The third-order valence-corrected chi connectivity index (χ3v) is 3.80. The van der Waals surface area contributed by atoms with Gasteiger partial charge < -0.3 is 0 Å². The number of aromatic nitrogens is 2. The van der Waals surface area contributed by atoms with Gasteiger partial charge in [-0.25, -0.2) is 4.98 Å². The third kappa shape index (κ3) is 2.74. The quantitative estimate of drug-likeness (QED) is 0.572. The maximum Gasteiger partial charge on any atom is 0.182 e. The van der Waals surface area contributed by atoms with Gasteiger partial charge in [0.25, 0.3) is 0 Å². The smallest absolute Gasteiger partial charge is 0.182 e. The van der Waals surface area contributed by atoms with Crippen LogP contribution in [0.4, 0.5) is 11.5 Å². The Bertz CT molecular complexity index is 849. The van der Waals surface area contributed by atoms with Crippen LogP contribution in [0.25, 0.3) is 5.65 Å². The number of fused-ring (bicyclic) bond motifs is 1. The van der Waals surface area contributed by atoms with E-state index in [-0.39, 0.29) is 0 Å². The summed E-state index contributed by atoms with van der Waals surface area (Å²) in [6.45, 7) is 6.05. The molecule has 106 valence electrons. The summed E-state index contributed by atoms with van der Waals surface area (Å²) in [5.74, 6) is 0.756. The van der Waals surface area contributed by atoms with Gasteiger partial charge in [-0.1, -0.05) is 17.7 Å². The Morgan fingerprint density at radius 1 is 1.05 bits per heavy atom. The fourth-order valence-corrected chi connectivity index (χ4v) is 2.60. The van der Waals surface area contributed by atoms with Gasteiger partial charge in [0.05, 0.1) is 11.4 Å². The van der Waals surface area contributed by atoms with E-state index in [0.29, 0.717) is 0 Å². The minimum Gasteiger partial charge on any atom is -0.282 e. The fourth-order valence-electron chi connectivity index (χ4n) is 2.26. The summed E-state index contributed by atoms with van der Waals surface area (Å²) >= 11 is 3.47. The predicted molar refractivity (Wildman–Crippen MR) is 87.7 cm³/mol. The van der Waals surface area contributed by atoms with E-state index >= 15 is 0 Å². The lowest BCUT2D eigenvalue weighted by atomic mass is 10.1. The Kier molecular flexibility index (Phi) is 3.59. The number of imidazole rings is 1. The molecule has 2 aromatic heterocycles. The highest BCUT2D eigenvalue weighted by atomic mass is 79.9. The molecule has 0 aliphatic heterocycles. The van der Waals surface area contributed by atoms with Crippen LogP contribution in [0.5, 0.6) is 0 Å². The number of hydrogen-bond acceptors (Lipinski definition) is 3. The van der Waals surface area contributed by atoms with Gasteiger partial charge >= 0.3 is 0 Å². The molecule has 0 unspecified atom stereocenters. The van der Waals surface area contributed by atoms with Gasteiger partial charge in [0.1, 0.15) is 5.65 Å². The van der Waals surface area contributed by atoms with Gasteiger partial charge in [-0.2, -0.15) is 0 Å². The van der Waals surface area contributed by atoms with Crippen molar-refractivity contribution in [2.45, 2.75) is 20.8 Å². The normalized spacial score (nSPS) is 11.6. The van der Waals surface area contributed by atoms with Crippen LogP contribution in [-0.4, -0.2) is 9.38 Å².